The van der Waals surface area contributed by atoms with Crippen molar-refractivity contribution in [3.63, 3.8) is 0 Å². The first-order valence-corrected chi connectivity index (χ1v) is 5.15. The van der Waals surface area contributed by atoms with Crippen molar-refractivity contribution in [2.24, 2.45) is 7.05 Å². The first-order chi connectivity index (χ1) is 7.99. The molecule has 0 saturated carbocycles. The SMILES string of the molecule is Cn1c(-c2ccc(F)c(F)c2)cc(=S)[nH]c1=O. The number of rotatable bonds is 1. The van der Waals surface area contributed by atoms with Crippen LogP contribution >= 0.6 is 12.2 Å². The van der Waals surface area contributed by atoms with Crippen LogP contribution in [0.2, 0.25) is 0 Å². The van der Waals surface area contributed by atoms with Crippen molar-refractivity contribution in [2.45, 2.75) is 0 Å². The Morgan fingerprint density at radius 1 is 1.24 bits per heavy atom. The third-order valence-electron chi connectivity index (χ3n) is 2.38. The number of hydrogen-bond donors (Lipinski definition) is 1. The second-order valence-electron chi connectivity index (χ2n) is 3.51. The van der Waals surface area contributed by atoms with E-state index in [2.05, 4.69) is 4.98 Å². The smallest absolute Gasteiger partial charge is 0.298 e. The normalized spacial score (nSPS) is 10.5. The molecule has 88 valence electrons. The Morgan fingerprint density at radius 3 is 2.59 bits per heavy atom. The van der Waals surface area contributed by atoms with Crippen molar-refractivity contribution in [1.82, 2.24) is 9.55 Å². The summed E-state index contributed by atoms with van der Waals surface area (Å²) >= 11 is 4.87. The molecule has 6 heteroatoms. The van der Waals surface area contributed by atoms with E-state index in [0.717, 1.165) is 12.1 Å². The van der Waals surface area contributed by atoms with Crippen LogP contribution in [-0.2, 0) is 7.05 Å². The molecule has 0 aliphatic carbocycles. The number of aromatic nitrogens is 2. The van der Waals surface area contributed by atoms with Crippen LogP contribution in [-0.4, -0.2) is 9.55 Å². The van der Waals surface area contributed by atoms with E-state index in [1.165, 1.54) is 23.7 Å². The van der Waals surface area contributed by atoms with Crippen LogP contribution in [0.25, 0.3) is 11.3 Å². The Morgan fingerprint density at radius 2 is 1.94 bits per heavy atom. The quantitative estimate of drug-likeness (QED) is 0.793. The first kappa shape index (κ1) is 11.7. The highest BCUT2D eigenvalue weighted by Gasteiger charge is 2.07. The fourth-order valence-electron chi connectivity index (χ4n) is 1.49. The van der Waals surface area contributed by atoms with Crippen LogP contribution in [0.15, 0.2) is 29.1 Å². The summed E-state index contributed by atoms with van der Waals surface area (Å²) < 4.78 is 27.4. The third kappa shape index (κ3) is 2.16. The van der Waals surface area contributed by atoms with Gasteiger partial charge in [0.25, 0.3) is 0 Å². The summed E-state index contributed by atoms with van der Waals surface area (Å²) in [5, 5.41) is 0. The molecule has 2 rings (SSSR count). The highest BCUT2D eigenvalue weighted by molar-refractivity contribution is 7.71. The summed E-state index contributed by atoms with van der Waals surface area (Å²) in [5.74, 6) is -1.89. The maximum atomic E-state index is 13.1. The lowest BCUT2D eigenvalue weighted by Crippen LogP contribution is -2.21. The van der Waals surface area contributed by atoms with Crippen LogP contribution in [0.5, 0.6) is 0 Å². The molecule has 1 aromatic carbocycles. The van der Waals surface area contributed by atoms with Crippen molar-refractivity contribution in [3.05, 3.63) is 51.0 Å². The average Bonchev–Trinajstić information content (AvgIpc) is 2.27. The summed E-state index contributed by atoms with van der Waals surface area (Å²) in [6.07, 6.45) is 0. The van der Waals surface area contributed by atoms with Gasteiger partial charge in [-0.15, -0.1) is 0 Å². The van der Waals surface area contributed by atoms with Gasteiger partial charge in [-0.25, -0.2) is 13.6 Å². The molecule has 3 nitrogen and oxygen atoms in total. The summed E-state index contributed by atoms with van der Waals surface area (Å²) in [6.45, 7) is 0. The van der Waals surface area contributed by atoms with Crippen molar-refractivity contribution in [1.29, 1.82) is 0 Å². The van der Waals surface area contributed by atoms with E-state index >= 15 is 0 Å². The van der Waals surface area contributed by atoms with Gasteiger partial charge >= 0.3 is 5.69 Å². The lowest BCUT2D eigenvalue weighted by atomic mass is 10.1. The number of hydrogen-bond acceptors (Lipinski definition) is 2. The number of benzene rings is 1. The van der Waals surface area contributed by atoms with Crippen molar-refractivity contribution in [3.8, 4) is 11.3 Å². The maximum Gasteiger partial charge on any atom is 0.326 e. The third-order valence-corrected chi connectivity index (χ3v) is 2.60. The summed E-state index contributed by atoms with van der Waals surface area (Å²) in [6, 6.07) is 4.94. The molecule has 0 atom stereocenters. The Bertz CT molecular complexity index is 691. The summed E-state index contributed by atoms with van der Waals surface area (Å²) in [5.41, 5.74) is 0.415. The van der Waals surface area contributed by atoms with Crippen LogP contribution in [0, 0.1) is 16.3 Å². The van der Waals surface area contributed by atoms with E-state index in [9.17, 15) is 13.6 Å². The molecule has 0 amide bonds. The van der Waals surface area contributed by atoms with Gasteiger partial charge in [0.15, 0.2) is 11.6 Å². The molecule has 0 aliphatic heterocycles. The van der Waals surface area contributed by atoms with E-state index in [0.29, 0.717) is 11.3 Å². The molecule has 0 spiro atoms. The Hall–Kier alpha value is -1.82. The number of nitrogens with zero attached hydrogens (tertiary/aromatic N) is 1. The van der Waals surface area contributed by atoms with Gasteiger partial charge in [-0.05, 0) is 24.3 Å². The van der Waals surface area contributed by atoms with Gasteiger partial charge in [0, 0.05) is 12.6 Å². The fourth-order valence-corrected chi connectivity index (χ4v) is 1.69. The van der Waals surface area contributed by atoms with Gasteiger partial charge < -0.3 is 0 Å². The predicted molar refractivity (Wildman–Crippen MR) is 62.2 cm³/mol. The van der Waals surface area contributed by atoms with E-state index in [1.54, 1.807) is 0 Å². The molecule has 17 heavy (non-hydrogen) atoms. The standard InChI is InChI=1S/C11H8F2N2OS/c1-15-9(5-10(17)14-11(15)16)6-2-3-7(12)8(13)4-6/h2-5H,1H3,(H,14,16,17). The van der Waals surface area contributed by atoms with E-state index in [-0.39, 0.29) is 4.64 Å². The zero-order valence-electron chi connectivity index (χ0n) is 8.83. The topological polar surface area (TPSA) is 37.8 Å². The molecule has 0 fully saturated rings. The fraction of sp³-hybridized carbons (Fsp3) is 0.0909. The second-order valence-corrected chi connectivity index (χ2v) is 3.95. The average molecular weight is 254 g/mol. The van der Waals surface area contributed by atoms with E-state index in [4.69, 9.17) is 12.2 Å². The van der Waals surface area contributed by atoms with Gasteiger partial charge in [0.05, 0.1) is 5.69 Å². The molecular weight excluding hydrogens is 246 g/mol. The highest BCUT2D eigenvalue weighted by Crippen LogP contribution is 2.19. The molecule has 0 radical (unpaired) electrons. The van der Waals surface area contributed by atoms with Gasteiger partial charge in [-0.3, -0.25) is 9.55 Å². The predicted octanol–water partition coefficient (Wildman–Crippen LogP) is 2.39. The number of halogens is 2. The molecule has 1 heterocycles. The van der Waals surface area contributed by atoms with E-state index < -0.39 is 17.3 Å². The number of nitrogens with one attached hydrogen (secondary N) is 1. The zero-order chi connectivity index (χ0) is 12.6. The first-order valence-electron chi connectivity index (χ1n) is 4.75. The van der Waals surface area contributed by atoms with Gasteiger partial charge in [-0.2, -0.15) is 0 Å². The van der Waals surface area contributed by atoms with Crippen molar-refractivity contribution in [2.75, 3.05) is 0 Å². The lowest BCUT2D eigenvalue weighted by Gasteiger charge is -2.07. The second kappa shape index (κ2) is 4.21. The number of aromatic amines is 1. The highest BCUT2D eigenvalue weighted by atomic mass is 32.1. The van der Waals surface area contributed by atoms with Gasteiger partial charge in [0.2, 0.25) is 0 Å². The van der Waals surface area contributed by atoms with Crippen LogP contribution in [0.3, 0.4) is 0 Å². The minimum Gasteiger partial charge on any atom is -0.298 e. The van der Waals surface area contributed by atoms with Gasteiger partial charge in [0.1, 0.15) is 4.64 Å². The minimum absolute atomic E-state index is 0.243. The van der Waals surface area contributed by atoms with Crippen LogP contribution in [0.4, 0.5) is 8.78 Å². The Labute approximate surface area is 100 Å². The van der Waals surface area contributed by atoms with Crippen LogP contribution in [0.1, 0.15) is 0 Å². The largest absolute Gasteiger partial charge is 0.326 e. The van der Waals surface area contributed by atoms with Crippen LogP contribution < -0.4 is 5.69 Å². The zero-order valence-corrected chi connectivity index (χ0v) is 9.65. The monoisotopic (exact) mass is 254 g/mol. The molecule has 2 aromatic rings. The summed E-state index contributed by atoms with van der Waals surface area (Å²) in [4.78, 5) is 13.9. The minimum atomic E-state index is -0.964. The molecule has 1 N–H and O–H groups in total. The molecule has 0 bridgehead atoms. The van der Waals surface area contributed by atoms with Crippen molar-refractivity contribution < 1.29 is 8.78 Å². The number of H-pyrrole nitrogens is 1. The Balaban J connectivity index is 2.72. The molecular formula is C11H8F2N2OS. The molecule has 0 unspecified atom stereocenters. The van der Waals surface area contributed by atoms with Gasteiger partial charge in [-0.1, -0.05) is 12.2 Å². The molecule has 0 saturated heterocycles. The summed E-state index contributed by atoms with van der Waals surface area (Å²) in [7, 11) is 1.52. The maximum absolute atomic E-state index is 13.1. The lowest BCUT2D eigenvalue weighted by molar-refractivity contribution is 0.509. The molecule has 0 aliphatic rings. The van der Waals surface area contributed by atoms with E-state index in [1.807, 2.05) is 0 Å². The van der Waals surface area contributed by atoms with Crippen molar-refractivity contribution >= 4 is 12.2 Å². The Kier molecular flexibility index (Phi) is 2.89. The molecule has 1 aromatic heterocycles.